The molecule has 1 unspecified atom stereocenters. The Morgan fingerprint density at radius 1 is 1.32 bits per heavy atom. The van der Waals surface area contributed by atoms with Gasteiger partial charge in [-0.3, -0.25) is 9.69 Å². The Hall–Kier alpha value is -1.20. The van der Waals surface area contributed by atoms with Crippen LogP contribution in [-0.4, -0.2) is 27.5 Å². The van der Waals surface area contributed by atoms with Gasteiger partial charge in [-0.1, -0.05) is 13.3 Å². The number of hydrogen-bond donors (Lipinski definition) is 1. The number of nitrogens with zero attached hydrogens (tertiary/aromatic N) is 2. The number of nitrogens with one attached hydrogen (secondary N) is 1. The first kappa shape index (κ1) is 14.4. The van der Waals surface area contributed by atoms with Crippen molar-refractivity contribution in [3.63, 3.8) is 0 Å². The van der Waals surface area contributed by atoms with Crippen LogP contribution in [0.2, 0.25) is 0 Å². The Kier molecular flexibility index (Phi) is 3.78. The summed E-state index contributed by atoms with van der Waals surface area (Å²) in [5, 5.41) is 0.868. The van der Waals surface area contributed by atoms with E-state index in [1.165, 1.54) is 42.5 Å². The number of H-pyrrole nitrogens is 1. The minimum atomic E-state index is 0.0736. The summed E-state index contributed by atoms with van der Waals surface area (Å²) >= 11 is 1.73. The number of aromatic nitrogens is 2. The molecule has 0 saturated carbocycles. The third-order valence-corrected chi connectivity index (χ3v) is 6.38. The van der Waals surface area contributed by atoms with E-state index in [1.54, 1.807) is 11.3 Å². The first-order chi connectivity index (χ1) is 10.8. The normalized spacial score (nSPS) is 22.3. The number of piperidine rings is 1. The Bertz CT molecular complexity index is 748. The lowest BCUT2D eigenvalue weighted by Crippen LogP contribution is -2.39. The predicted octanol–water partition coefficient (Wildman–Crippen LogP) is 3.24. The molecule has 2 aliphatic rings. The van der Waals surface area contributed by atoms with E-state index in [1.807, 2.05) is 0 Å². The van der Waals surface area contributed by atoms with Crippen LogP contribution in [0, 0.1) is 0 Å². The fourth-order valence-corrected chi connectivity index (χ4v) is 5.33. The average Bonchev–Trinajstić information content (AvgIpc) is 3.08. The summed E-state index contributed by atoms with van der Waals surface area (Å²) < 4.78 is 0. The first-order valence-electron chi connectivity index (χ1n) is 8.53. The molecular formula is C17H23N3OS. The Morgan fingerprint density at radius 3 is 3.09 bits per heavy atom. The molecular weight excluding hydrogens is 294 g/mol. The molecule has 2 aromatic heterocycles. The Labute approximate surface area is 134 Å². The monoisotopic (exact) mass is 317 g/mol. The van der Waals surface area contributed by atoms with Gasteiger partial charge in [-0.2, -0.15) is 0 Å². The molecule has 1 fully saturated rings. The molecule has 5 heteroatoms. The number of aryl methyl sites for hydroxylation is 2. The van der Waals surface area contributed by atoms with Crippen molar-refractivity contribution in [2.24, 2.45) is 0 Å². The zero-order valence-electron chi connectivity index (χ0n) is 13.2. The summed E-state index contributed by atoms with van der Waals surface area (Å²) in [6.07, 6.45) is 8.39. The zero-order valence-corrected chi connectivity index (χ0v) is 14.0. The molecule has 1 aliphatic heterocycles. The minimum absolute atomic E-state index is 0.0736. The van der Waals surface area contributed by atoms with Gasteiger partial charge in [-0.15, -0.1) is 11.3 Å². The summed E-state index contributed by atoms with van der Waals surface area (Å²) in [5.41, 5.74) is 1.34. The fourth-order valence-electron chi connectivity index (χ4n) is 4.04. The summed E-state index contributed by atoms with van der Waals surface area (Å²) in [6, 6.07) is 0.642. The molecule has 0 spiro atoms. The molecule has 0 radical (unpaired) electrons. The van der Waals surface area contributed by atoms with E-state index in [0.717, 1.165) is 42.0 Å². The van der Waals surface area contributed by atoms with Gasteiger partial charge in [0, 0.05) is 10.9 Å². The van der Waals surface area contributed by atoms with Gasteiger partial charge in [0.2, 0.25) is 0 Å². The molecule has 0 bridgehead atoms. The van der Waals surface area contributed by atoms with Crippen LogP contribution in [-0.2, 0) is 19.4 Å². The molecule has 0 amide bonds. The van der Waals surface area contributed by atoms with Crippen LogP contribution in [0.3, 0.4) is 0 Å². The molecule has 1 aliphatic carbocycles. The van der Waals surface area contributed by atoms with Crippen molar-refractivity contribution in [3.05, 3.63) is 26.6 Å². The van der Waals surface area contributed by atoms with Crippen molar-refractivity contribution in [2.45, 2.75) is 64.5 Å². The predicted molar refractivity (Wildman–Crippen MR) is 90.6 cm³/mol. The Balaban J connectivity index is 1.66. The van der Waals surface area contributed by atoms with Crippen LogP contribution in [0.5, 0.6) is 0 Å². The summed E-state index contributed by atoms with van der Waals surface area (Å²) in [7, 11) is 0. The Morgan fingerprint density at radius 2 is 2.23 bits per heavy atom. The van der Waals surface area contributed by atoms with Crippen molar-refractivity contribution >= 4 is 21.6 Å². The number of hydrogen-bond acceptors (Lipinski definition) is 4. The van der Waals surface area contributed by atoms with E-state index in [4.69, 9.17) is 4.98 Å². The minimum Gasteiger partial charge on any atom is -0.309 e. The highest BCUT2D eigenvalue weighted by Gasteiger charge is 2.24. The molecule has 1 N–H and O–H groups in total. The topological polar surface area (TPSA) is 49.0 Å². The van der Waals surface area contributed by atoms with Crippen molar-refractivity contribution in [1.29, 1.82) is 0 Å². The SMILES string of the molecule is CCC1CCCCN1Cc1nc2sc3c(c2c(=O)[nH]1)CCC3. The number of likely N-dealkylation sites (tertiary alicyclic amines) is 1. The summed E-state index contributed by atoms with van der Waals surface area (Å²) in [6.45, 7) is 4.17. The third-order valence-electron chi connectivity index (χ3n) is 5.20. The van der Waals surface area contributed by atoms with E-state index < -0.39 is 0 Å². The van der Waals surface area contributed by atoms with Crippen LogP contribution in [0.1, 0.15) is 55.3 Å². The highest BCUT2D eigenvalue weighted by Crippen LogP contribution is 2.34. The molecule has 1 atom stereocenters. The summed E-state index contributed by atoms with van der Waals surface area (Å²) in [5.74, 6) is 0.845. The van der Waals surface area contributed by atoms with Gasteiger partial charge in [0.05, 0.1) is 11.9 Å². The van der Waals surface area contributed by atoms with E-state index >= 15 is 0 Å². The van der Waals surface area contributed by atoms with Crippen LogP contribution in [0.25, 0.3) is 10.2 Å². The lowest BCUT2D eigenvalue weighted by atomic mass is 10.0. The smallest absolute Gasteiger partial charge is 0.259 e. The van der Waals surface area contributed by atoms with Gasteiger partial charge in [0.25, 0.3) is 5.56 Å². The maximum absolute atomic E-state index is 12.5. The maximum Gasteiger partial charge on any atom is 0.259 e. The molecule has 4 nitrogen and oxygen atoms in total. The number of rotatable bonds is 3. The zero-order chi connectivity index (χ0) is 15.1. The molecule has 2 aromatic rings. The van der Waals surface area contributed by atoms with E-state index in [0.29, 0.717) is 6.04 Å². The second-order valence-electron chi connectivity index (χ2n) is 6.58. The van der Waals surface area contributed by atoms with Crippen molar-refractivity contribution < 1.29 is 0 Å². The number of thiophene rings is 1. The van der Waals surface area contributed by atoms with Crippen LogP contribution in [0.4, 0.5) is 0 Å². The second-order valence-corrected chi connectivity index (χ2v) is 7.66. The van der Waals surface area contributed by atoms with Gasteiger partial charge in [0.15, 0.2) is 0 Å². The molecule has 0 aromatic carbocycles. The fraction of sp³-hybridized carbons (Fsp3) is 0.647. The molecule has 22 heavy (non-hydrogen) atoms. The second kappa shape index (κ2) is 5.78. The third kappa shape index (κ3) is 2.40. The van der Waals surface area contributed by atoms with Gasteiger partial charge in [0.1, 0.15) is 10.7 Å². The molecule has 3 heterocycles. The largest absolute Gasteiger partial charge is 0.309 e. The van der Waals surface area contributed by atoms with E-state index in [-0.39, 0.29) is 5.56 Å². The summed E-state index contributed by atoms with van der Waals surface area (Å²) in [4.78, 5) is 25.2. The van der Waals surface area contributed by atoms with Crippen molar-refractivity contribution in [1.82, 2.24) is 14.9 Å². The van der Waals surface area contributed by atoms with Crippen LogP contribution < -0.4 is 5.56 Å². The van der Waals surface area contributed by atoms with Gasteiger partial charge >= 0.3 is 0 Å². The average molecular weight is 317 g/mol. The van der Waals surface area contributed by atoms with Crippen LogP contribution in [0.15, 0.2) is 4.79 Å². The standard InChI is InChI=1S/C17H23N3OS/c1-2-11-6-3-4-9-20(11)10-14-18-16(21)15-12-7-5-8-13(12)22-17(15)19-14/h11H,2-10H2,1H3,(H,18,19,21). The maximum atomic E-state index is 12.5. The van der Waals surface area contributed by atoms with Gasteiger partial charge < -0.3 is 4.98 Å². The first-order valence-corrected chi connectivity index (χ1v) is 9.35. The van der Waals surface area contributed by atoms with Crippen molar-refractivity contribution in [3.8, 4) is 0 Å². The lowest BCUT2D eigenvalue weighted by molar-refractivity contribution is 0.133. The number of aromatic amines is 1. The molecule has 1 saturated heterocycles. The molecule has 4 rings (SSSR count). The number of fused-ring (bicyclic) bond motifs is 3. The highest BCUT2D eigenvalue weighted by atomic mass is 32.1. The molecule has 118 valence electrons. The van der Waals surface area contributed by atoms with E-state index in [9.17, 15) is 4.79 Å². The van der Waals surface area contributed by atoms with Gasteiger partial charge in [-0.25, -0.2) is 4.98 Å². The highest BCUT2D eigenvalue weighted by molar-refractivity contribution is 7.18. The van der Waals surface area contributed by atoms with Gasteiger partial charge in [-0.05, 0) is 50.6 Å². The van der Waals surface area contributed by atoms with Crippen molar-refractivity contribution in [2.75, 3.05) is 6.54 Å². The lowest BCUT2D eigenvalue weighted by Gasteiger charge is -2.34. The van der Waals surface area contributed by atoms with Crippen LogP contribution >= 0.6 is 11.3 Å². The van der Waals surface area contributed by atoms with E-state index in [2.05, 4.69) is 16.8 Å². The quantitative estimate of drug-likeness (QED) is 0.945.